The molecule has 0 spiro atoms. The summed E-state index contributed by atoms with van der Waals surface area (Å²) in [6, 6.07) is 3.88. The zero-order chi connectivity index (χ0) is 21.1. The Bertz CT molecular complexity index is 890. The zero-order valence-electron chi connectivity index (χ0n) is 18.0. The summed E-state index contributed by atoms with van der Waals surface area (Å²) in [4.78, 5) is 0. The molecule has 3 rings (SSSR count). The Morgan fingerprint density at radius 3 is 2.14 bits per heavy atom. The molecule has 0 aromatic heterocycles. The van der Waals surface area contributed by atoms with Crippen LogP contribution in [0.2, 0.25) is 0 Å². The number of rotatable bonds is 7. The molecule has 6 nitrogen and oxygen atoms in total. The number of phenolic OH excluding ortho intramolecular Hbond substituents is 1. The molecular weight excluding hydrogens is 372 g/mol. The van der Waals surface area contributed by atoms with E-state index >= 15 is 0 Å². The first-order chi connectivity index (χ1) is 14.1. The maximum Gasteiger partial charge on any atom is 0.203 e. The topological polar surface area (TPSA) is 66.4 Å². The minimum absolute atomic E-state index is 0.263. The molecule has 0 radical (unpaired) electrons. The lowest BCUT2D eigenvalue weighted by atomic mass is 9.90. The second-order valence-electron chi connectivity index (χ2n) is 7.07. The third-order valence-electron chi connectivity index (χ3n) is 5.56. The van der Waals surface area contributed by atoms with Gasteiger partial charge in [0, 0.05) is 23.8 Å². The number of fused-ring (bicyclic) bond motifs is 3. The van der Waals surface area contributed by atoms with E-state index in [4.69, 9.17) is 23.7 Å². The van der Waals surface area contributed by atoms with Gasteiger partial charge in [-0.15, -0.1) is 0 Å². The van der Waals surface area contributed by atoms with Crippen LogP contribution in [0.15, 0.2) is 12.1 Å². The largest absolute Gasteiger partial charge is 0.507 e. The molecule has 0 amide bonds. The number of aryl methyl sites for hydroxylation is 2. The molecule has 1 aliphatic rings. The molecule has 0 unspecified atom stereocenters. The zero-order valence-corrected chi connectivity index (χ0v) is 18.0. The van der Waals surface area contributed by atoms with Crippen molar-refractivity contribution in [2.45, 2.75) is 38.7 Å². The van der Waals surface area contributed by atoms with Gasteiger partial charge in [0.1, 0.15) is 11.5 Å². The summed E-state index contributed by atoms with van der Waals surface area (Å²) in [5, 5.41) is 11.2. The van der Waals surface area contributed by atoms with Gasteiger partial charge >= 0.3 is 0 Å². The molecule has 0 fully saturated rings. The van der Waals surface area contributed by atoms with Crippen molar-refractivity contribution >= 4 is 0 Å². The molecule has 0 aliphatic heterocycles. The van der Waals surface area contributed by atoms with Gasteiger partial charge in [0.2, 0.25) is 5.75 Å². The van der Waals surface area contributed by atoms with E-state index in [1.807, 2.05) is 12.1 Å². The number of phenols is 1. The number of hydrogen-bond donors (Lipinski definition) is 1. The van der Waals surface area contributed by atoms with Crippen molar-refractivity contribution in [2.75, 3.05) is 35.5 Å². The van der Waals surface area contributed by atoms with E-state index < -0.39 is 0 Å². The summed E-state index contributed by atoms with van der Waals surface area (Å²) in [6.07, 6.45) is 2.83. The van der Waals surface area contributed by atoms with Crippen molar-refractivity contribution in [3.05, 3.63) is 28.8 Å². The fraction of sp³-hybridized carbons (Fsp3) is 0.478. The Morgan fingerprint density at radius 2 is 1.59 bits per heavy atom. The van der Waals surface area contributed by atoms with E-state index in [1.54, 1.807) is 35.5 Å². The normalized spacial score (nSPS) is 15.2. The van der Waals surface area contributed by atoms with Crippen LogP contribution in [0.1, 0.15) is 42.6 Å². The summed E-state index contributed by atoms with van der Waals surface area (Å²) < 4.78 is 28.6. The van der Waals surface area contributed by atoms with Gasteiger partial charge in [-0.1, -0.05) is 13.3 Å². The van der Waals surface area contributed by atoms with Crippen LogP contribution in [0.25, 0.3) is 11.1 Å². The highest BCUT2D eigenvalue weighted by Crippen LogP contribution is 2.55. The lowest BCUT2D eigenvalue weighted by molar-refractivity contribution is 0.0946. The van der Waals surface area contributed by atoms with Crippen molar-refractivity contribution in [1.29, 1.82) is 0 Å². The SMILES string of the molecule is CCCc1cc(OC)c2c(c1O)[C@H](OC)CCc1cc(OC)c(OC)c(OC)c1-2. The minimum atomic E-state index is -0.273. The highest BCUT2D eigenvalue weighted by Gasteiger charge is 2.34. The van der Waals surface area contributed by atoms with Crippen LogP contribution in [0.3, 0.4) is 0 Å². The maximum atomic E-state index is 11.2. The van der Waals surface area contributed by atoms with Crippen molar-refractivity contribution in [3.8, 4) is 39.9 Å². The first kappa shape index (κ1) is 21.1. The first-order valence-electron chi connectivity index (χ1n) is 9.83. The molecule has 0 heterocycles. The molecule has 0 saturated heterocycles. The second-order valence-corrected chi connectivity index (χ2v) is 7.07. The summed E-state index contributed by atoms with van der Waals surface area (Å²) >= 11 is 0. The smallest absolute Gasteiger partial charge is 0.203 e. The lowest BCUT2D eigenvalue weighted by Crippen LogP contribution is -2.06. The molecule has 1 atom stereocenters. The lowest BCUT2D eigenvalue weighted by Gasteiger charge is -2.24. The summed E-state index contributed by atoms with van der Waals surface area (Å²) in [7, 11) is 8.11. The van der Waals surface area contributed by atoms with E-state index in [0.29, 0.717) is 29.4 Å². The highest BCUT2D eigenvalue weighted by molar-refractivity contribution is 5.88. The molecule has 0 bridgehead atoms. The van der Waals surface area contributed by atoms with E-state index in [9.17, 15) is 5.11 Å². The van der Waals surface area contributed by atoms with Gasteiger partial charge < -0.3 is 28.8 Å². The van der Waals surface area contributed by atoms with Crippen LogP contribution in [-0.2, 0) is 17.6 Å². The van der Waals surface area contributed by atoms with E-state index in [-0.39, 0.29) is 11.9 Å². The Morgan fingerprint density at radius 1 is 0.897 bits per heavy atom. The molecule has 158 valence electrons. The van der Waals surface area contributed by atoms with Gasteiger partial charge in [0.25, 0.3) is 0 Å². The maximum absolute atomic E-state index is 11.2. The minimum Gasteiger partial charge on any atom is -0.507 e. The van der Waals surface area contributed by atoms with E-state index in [0.717, 1.165) is 47.1 Å². The molecule has 1 aliphatic carbocycles. The average Bonchev–Trinajstić information content (AvgIpc) is 2.91. The molecule has 2 aromatic carbocycles. The Balaban J connectivity index is 2.46. The van der Waals surface area contributed by atoms with Gasteiger partial charge in [0.05, 0.1) is 34.5 Å². The van der Waals surface area contributed by atoms with Crippen molar-refractivity contribution in [2.24, 2.45) is 0 Å². The third kappa shape index (κ3) is 3.46. The average molecular weight is 402 g/mol. The Kier molecular flexibility index (Phi) is 6.42. The number of methoxy groups -OCH3 is 5. The van der Waals surface area contributed by atoms with E-state index in [2.05, 4.69) is 6.92 Å². The monoisotopic (exact) mass is 402 g/mol. The highest BCUT2D eigenvalue weighted by atomic mass is 16.5. The van der Waals surface area contributed by atoms with Gasteiger partial charge in [-0.2, -0.15) is 0 Å². The summed E-state index contributed by atoms with van der Waals surface area (Å²) in [6.45, 7) is 2.08. The van der Waals surface area contributed by atoms with Crippen LogP contribution >= 0.6 is 0 Å². The second kappa shape index (κ2) is 8.82. The van der Waals surface area contributed by atoms with Crippen LogP contribution < -0.4 is 18.9 Å². The van der Waals surface area contributed by atoms with Crippen LogP contribution in [0, 0.1) is 0 Å². The molecular formula is C23H30O6. The quantitative estimate of drug-likeness (QED) is 0.725. The summed E-state index contributed by atoms with van der Waals surface area (Å²) in [5.74, 6) is 2.61. The predicted octanol–water partition coefficient (Wildman–Crippen LogP) is 4.68. The van der Waals surface area contributed by atoms with Gasteiger partial charge in [-0.25, -0.2) is 0 Å². The number of ether oxygens (including phenoxy) is 5. The molecule has 0 saturated carbocycles. The van der Waals surface area contributed by atoms with Gasteiger partial charge in [-0.3, -0.25) is 0 Å². The fourth-order valence-corrected chi connectivity index (χ4v) is 4.26. The molecule has 29 heavy (non-hydrogen) atoms. The summed E-state index contributed by atoms with van der Waals surface area (Å²) in [5.41, 5.74) is 4.24. The Labute approximate surface area is 172 Å². The number of hydrogen-bond acceptors (Lipinski definition) is 6. The molecule has 2 aromatic rings. The molecule has 1 N–H and O–H groups in total. The number of benzene rings is 2. The molecule has 6 heteroatoms. The predicted molar refractivity (Wildman–Crippen MR) is 112 cm³/mol. The van der Waals surface area contributed by atoms with Crippen LogP contribution in [-0.4, -0.2) is 40.7 Å². The third-order valence-corrected chi connectivity index (χ3v) is 5.56. The van der Waals surface area contributed by atoms with Gasteiger partial charge in [0.15, 0.2) is 11.5 Å². The van der Waals surface area contributed by atoms with Crippen molar-refractivity contribution in [1.82, 2.24) is 0 Å². The van der Waals surface area contributed by atoms with Crippen molar-refractivity contribution in [3.63, 3.8) is 0 Å². The van der Waals surface area contributed by atoms with Crippen LogP contribution in [0.4, 0.5) is 0 Å². The Hall–Kier alpha value is -2.60. The first-order valence-corrected chi connectivity index (χ1v) is 9.83. The van der Waals surface area contributed by atoms with Crippen molar-refractivity contribution < 1.29 is 28.8 Å². The van der Waals surface area contributed by atoms with E-state index in [1.165, 1.54) is 0 Å². The van der Waals surface area contributed by atoms with Gasteiger partial charge in [-0.05, 0) is 42.5 Å². The van der Waals surface area contributed by atoms with Crippen LogP contribution in [0.5, 0.6) is 28.7 Å². The number of aromatic hydroxyl groups is 1. The fourth-order valence-electron chi connectivity index (χ4n) is 4.26. The standard InChI is InChI=1S/C23H30O6/c1-7-8-14-12-16(26-3)19-18-13(9-10-15(25-2)20(19)21(14)24)11-17(27-4)22(28-5)23(18)29-6/h11-12,15,24H,7-10H2,1-6H3/t15-/m1/s1.